The standard InChI is InChI=1S/C15H23N3O2/c1-2-17-8-4-5-11(9-17)12-10-18-13(15(19)20)6-3-7-14(18)16-12/h10-11,13H,2-9H2,1H3,(H,19,20). The van der Waals surface area contributed by atoms with Crippen LogP contribution in [-0.2, 0) is 11.2 Å². The molecule has 110 valence electrons. The van der Waals surface area contributed by atoms with Crippen molar-refractivity contribution in [2.24, 2.45) is 0 Å². The molecule has 0 amide bonds. The number of hydrogen-bond acceptors (Lipinski definition) is 3. The predicted molar refractivity (Wildman–Crippen MR) is 75.9 cm³/mol. The van der Waals surface area contributed by atoms with Gasteiger partial charge in [-0.2, -0.15) is 0 Å². The van der Waals surface area contributed by atoms with Crippen molar-refractivity contribution in [3.63, 3.8) is 0 Å². The van der Waals surface area contributed by atoms with E-state index in [0.717, 1.165) is 43.9 Å². The van der Waals surface area contributed by atoms with Crippen LogP contribution in [-0.4, -0.2) is 45.2 Å². The quantitative estimate of drug-likeness (QED) is 0.918. The van der Waals surface area contributed by atoms with Crippen molar-refractivity contribution in [2.45, 2.75) is 51.0 Å². The van der Waals surface area contributed by atoms with Gasteiger partial charge in [0.05, 0.1) is 5.69 Å². The molecule has 3 heterocycles. The molecule has 2 unspecified atom stereocenters. The summed E-state index contributed by atoms with van der Waals surface area (Å²) in [7, 11) is 0. The van der Waals surface area contributed by atoms with Gasteiger partial charge in [-0.3, -0.25) is 0 Å². The fourth-order valence-electron chi connectivity index (χ4n) is 3.52. The third kappa shape index (κ3) is 2.46. The first-order valence-corrected chi connectivity index (χ1v) is 7.72. The first-order valence-electron chi connectivity index (χ1n) is 7.72. The van der Waals surface area contributed by atoms with Gasteiger partial charge in [-0.1, -0.05) is 6.92 Å². The highest BCUT2D eigenvalue weighted by Crippen LogP contribution is 2.31. The van der Waals surface area contributed by atoms with E-state index in [1.54, 1.807) is 0 Å². The van der Waals surface area contributed by atoms with Crippen molar-refractivity contribution >= 4 is 5.97 Å². The number of nitrogens with zero attached hydrogens (tertiary/aromatic N) is 3. The minimum absolute atomic E-state index is 0.411. The SMILES string of the molecule is CCN1CCCC(c2cn3c(n2)CCCC3C(=O)O)C1. The number of hydrogen-bond donors (Lipinski definition) is 1. The number of imidazole rings is 1. The lowest BCUT2D eigenvalue weighted by molar-refractivity contribution is -0.141. The molecule has 0 radical (unpaired) electrons. The van der Waals surface area contributed by atoms with Crippen LogP contribution in [0.15, 0.2) is 6.20 Å². The predicted octanol–water partition coefficient (Wildman–Crippen LogP) is 2.04. The summed E-state index contributed by atoms with van der Waals surface area (Å²) in [5.74, 6) is 0.706. The van der Waals surface area contributed by atoms with Crippen molar-refractivity contribution < 1.29 is 9.90 Å². The minimum Gasteiger partial charge on any atom is -0.480 e. The molecular formula is C15H23N3O2. The number of fused-ring (bicyclic) bond motifs is 1. The molecule has 2 aliphatic rings. The second kappa shape index (κ2) is 5.56. The molecule has 0 spiro atoms. The number of carbonyl (C=O) groups is 1. The molecule has 2 atom stereocenters. The van der Waals surface area contributed by atoms with Gasteiger partial charge >= 0.3 is 5.97 Å². The lowest BCUT2D eigenvalue weighted by Crippen LogP contribution is -2.34. The second-order valence-corrected chi connectivity index (χ2v) is 5.97. The number of aromatic nitrogens is 2. The van der Waals surface area contributed by atoms with Crippen LogP contribution in [0.4, 0.5) is 0 Å². The van der Waals surface area contributed by atoms with Crippen molar-refractivity contribution in [3.8, 4) is 0 Å². The largest absolute Gasteiger partial charge is 0.480 e. The first-order chi connectivity index (χ1) is 9.69. The number of aryl methyl sites for hydroxylation is 1. The van der Waals surface area contributed by atoms with Gasteiger partial charge < -0.3 is 14.6 Å². The van der Waals surface area contributed by atoms with Crippen LogP contribution in [0.3, 0.4) is 0 Å². The van der Waals surface area contributed by atoms with Gasteiger partial charge in [-0.15, -0.1) is 0 Å². The molecule has 1 aromatic rings. The Kier molecular flexibility index (Phi) is 3.78. The highest BCUT2D eigenvalue weighted by Gasteiger charge is 2.29. The Morgan fingerprint density at radius 2 is 2.30 bits per heavy atom. The smallest absolute Gasteiger partial charge is 0.326 e. The number of aliphatic carboxylic acids is 1. The summed E-state index contributed by atoms with van der Waals surface area (Å²) >= 11 is 0. The van der Waals surface area contributed by atoms with Crippen molar-refractivity contribution in [3.05, 3.63) is 17.7 Å². The molecule has 0 aliphatic carbocycles. The van der Waals surface area contributed by atoms with Crippen molar-refractivity contribution in [1.29, 1.82) is 0 Å². The Morgan fingerprint density at radius 3 is 3.05 bits per heavy atom. The number of carboxylic acids is 1. The monoisotopic (exact) mass is 277 g/mol. The molecule has 5 nitrogen and oxygen atoms in total. The third-order valence-electron chi connectivity index (χ3n) is 4.70. The number of carboxylic acid groups (broad SMARTS) is 1. The Bertz CT molecular complexity index is 497. The van der Waals surface area contributed by atoms with Gasteiger partial charge in [0, 0.05) is 25.1 Å². The van der Waals surface area contributed by atoms with Crippen LogP contribution in [0.25, 0.3) is 0 Å². The summed E-state index contributed by atoms with van der Waals surface area (Å²) in [4.78, 5) is 18.6. The molecule has 1 N–H and O–H groups in total. The molecule has 0 aromatic carbocycles. The van der Waals surface area contributed by atoms with Crippen molar-refractivity contribution in [2.75, 3.05) is 19.6 Å². The van der Waals surface area contributed by atoms with Crippen molar-refractivity contribution in [1.82, 2.24) is 14.5 Å². The Hall–Kier alpha value is -1.36. The van der Waals surface area contributed by atoms with E-state index in [1.165, 1.54) is 19.4 Å². The second-order valence-electron chi connectivity index (χ2n) is 5.97. The maximum atomic E-state index is 11.3. The fourth-order valence-corrected chi connectivity index (χ4v) is 3.52. The van der Waals surface area contributed by atoms with Gasteiger partial charge in [-0.05, 0) is 38.8 Å². The summed E-state index contributed by atoms with van der Waals surface area (Å²) in [5.41, 5.74) is 1.10. The molecular weight excluding hydrogens is 254 g/mol. The zero-order valence-corrected chi connectivity index (χ0v) is 12.1. The van der Waals surface area contributed by atoms with E-state index in [-0.39, 0.29) is 0 Å². The summed E-state index contributed by atoms with van der Waals surface area (Å²) in [6, 6.07) is -0.411. The van der Waals surface area contributed by atoms with Gasteiger partial charge in [0.1, 0.15) is 11.9 Å². The van der Waals surface area contributed by atoms with Crippen LogP contribution in [0.5, 0.6) is 0 Å². The number of piperidine rings is 1. The van der Waals surface area contributed by atoms with E-state index in [2.05, 4.69) is 11.8 Å². The normalized spacial score (nSPS) is 27.2. The highest BCUT2D eigenvalue weighted by molar-refractivity contribution is 5.72. The molecule has 0 bridgehead atoms. The Labute approximate surface area is 119 Å². The zero-order chi connectivity index (χ0) is 14.1. The average Bonchev–Trinajstić information content (AvgIpc) is 2.91. The third-order valence-corrected chi connectivity index (χ3v) is 4.70. The molecule has 5 heteroatoms. The van der Waals surface area contributed by atoms with Crippen LogP contribution in [0.2, 0.25) is 0 Å². The molecule has 2 aliphatic heterocycles. The van der Waals surface area contributed by atoms with Gasteiger partial charge in [0.15, 0.2) is 0 Å². The Morgan fingerprint density at radius 1 is 1.45 bits per heavy atom. The van der Waals surface area contributed by atoms with Gasteiger partial charge in [0.2, 0.25) is 0 Å². The van der Waals surface area contributed by atoms with E-state index in [0.29, 0.717) is 5.92 Å². The molecule has 1 aromatic heterocycles. The molecule has 1 saturated heterocycles. The molecule has 0 saturated carbocycles. The van der Waals surface area contributed by atoms with E-state index in [9.17, 15) is 9.90 Å². The van der Waals surface area contributed by atoms with E-state index in [1.807, 2.05) is 10.8 Å². The summed E-state index contributed by atoms with van der Waals surface area (Å²) in [6.45, 7) is 5.52. The van der Waals surface area contributed by atoms with E-state index < -0.39 is 12.0 Å². The van der Waals surface area contributed by atoms with Crippen LogP contribution in [0.1, 0.15) is 56.1 Å². The zero-order valence-electron chi connectivity index (χ0n) is 12.1. The van der Waals surface area contributed by atoms with Gasteiger partial charge in [0.25, 0.3) is 0 Å². The maximum absolute atomic E-state index is 11.3. The fraction of sp³-hybridized carbons (Fsp3) is 0.733. The van der Waals surface area contributed by atoms with Gasteiger partial charge in [-0.25, -0.2) is 9.78 Å². The van der Waals surface area contributed by atoms with Crippen LogP contribution < -0.4 is 0 Å². The number of likely N-dealkylation sites (N-methyl/N-ethyl adjacent to an activating group) is 1. The first kappa shape index (κ1) is 13.6. The topological polar surface area (TPSA) is 58.4 Å². The van der Waals surface area contributed by atoms with E-state index >= 15 is 0 Å². The minimum atomic E-state index is -0.728. The average molecular weight is 277 g/mol. The molecule has 20 heavy (non-hydrogen) atoms. The highest BCUT2D eigenvalue weighted by atomic mass is 16.4. The summed E-state index contributed by atoms with van der Waals surface area (Å²) in [5, 5.41) is 9.33. The van der Waals surface area contributed by atoms with Crippen LogP contribution >= 0.6 is 0 Å². The summed E-state index contributed by atoms with van der Waals surface area (Å²) < 4.78 is 1.91. The molecule has 3 rings (SSSR count). The number of likely N-dealkylation sites (tertiary alicyclic amines) is 1. The lowest BCUT2D eigenvalue weighted by atomic mass is 9.95. The lowest BCUT2D eigenvalue weighted by Gasteiger charge is -2.30. The maximum Gasteiger partial charge on any atom is 0.326 e. The molecule has 1 fully saturated rings. The van der Waals surface area contributed by atoms with Crippen LogP contribution in [0, 0.1) is 0 Å². The number of rotatable bonds is 3. The van der Waals surface area contributed by atoms with E-state index in [4.69, 9.17) is 4.98 Å². The Balaban J connectivity index is 1.83. The summed E-state index contributed by atoms with van der Waals surface area (Å²) in [6.07, 6.45) is 6.96.